The molecule has 0 aliphatic carbocycles. The lowest BCUT2D eigenvalue weighted by molar-refractivity contribution is -0.122. The van der Waals surface area contributed by atoms with Gasteiger partial charge in [0.25, 0.3) is 0 Å². The van der Waals surface area contributed by atoms with E-state index in [0.29, 0.717) is 19.8 Å². The largest absolute Gasteiger partial charge is 0.379 e. The average Bonchev–Trinajstić information content (AvgIpc) is 2.94. The highest BCUT2D eigenvalue weighted by Gasteiger charge is 2.25. The standard InChI is InChI=1S/C19H25ClN4O2/c1-14-11-15(2)24(22-14)13-19(25)21-12-18(23-7-9-26-10-8-23)16-5-3-4-6-17(16)20/h3-6,11,18H,7-10,12-13H2,1-2H3,(H,21,25). The minimum Gasteiger partial charge on any atom is -0.379 e. The van der Waals surface area contributed by atoms with Gasteiger partial charge in [0.15, 0.2) is 0 Å². The van der Waals surface area contributed by atoms with Crippen LogP contribution in [-0.2, 0) is 16.1 Å². The van der Waals surface area contributed by atoms with Crippen molar-refractivity contribution in [1.29, 1.82) is 0 Å². The fourth-order valence-electron chi connectivity index (χ4n) is 3.31. The van der Waals surface area contributed by atoms with Crippen molar-refractivity contribution in [3.8, 4) is 0 Å². The second-order valence-electron chi connectivity index (χ2n) is 6.57. The number of benzene rings is 1. The fraction of sp³-hybridized carbons (Fsp3) is 0.474. The minimum atomic E-state index is -0.0542. The maximum absolute atomic E-state index is 12.4. The summed E-state index contributed by atoms with van der Waals surface area (Å²) in [4.78, 5) is 14.7. The number of rotatable bonds is 6. The number of ether oxygens (including phenoxy) is 1. The summed E-state index contributed by atoms with van der Waals surface area (Å²) in [6.45, 7) is 7.63. The Kier molecular flexibility index (Phi) is 6.29. The Labute approximate surface area is 159 Å². The number of aryl methyl sites for hydroxylation is 2. The van der Waals surface area contributed by atoms with Crippen molar-refractivity contribution < 1.29 is 9.53 Å². The van der Waals surface area contributed by atoms with Crippen LogP contribution in [0.3, 0.4) is 0 Å². The number of nitrogens with one attached hydrogen (secondary N) is 1. The highest BCUT2D eigenvalue weighted by Crippen LogP contribution is 2.27. The van der Waals surface area contributed by atoms with Crippen LogP contribution in [-0.4, -0.2) is 53.4 Å². The van der Waals surface area contributed by atoms with Crippen LogP contribution in [0, 0.1) is 13.8 Å². The van der Waals surface area contributed by atoms with Crippen LogP contribution in [0.5, 0.6) is 0 Å². The van der Waals surface area contributed by atoms with Gasteiger partial charge in [0, 0.05) is 30.4 Å². The summed E-state index contributed by atoms with van der Waals surface area (Å²) >= 11 is 6.42. The van der Waals surface area contributed by atoms with Crippen LogP contribution < -0.4 is 5.32 Å². The second-order valence-corrected chi connectivity index (χ2v) is 6.98. The van der Waals surface area contributed by atoms with Crippen LogP contribution in [0.25, 0.3) is 0 Å². The Bertz CT molecular complexity index is 756. The zero-order chi connectivity index (χ0) is 18.5. The SMILES string of the molecule is Cc1cc(C)n(CC(=O)NCC(c2ccccc2Cl)N2CCOCC2)n1. The first kappa shape index (κ1) is 18.9. The number of aromatic nitrogens is 2. The van der Waals surface area contributed by atoms with Gasteiger partial charge >= 0.3 is 0 Å². The Balaban J connectivity index is 1.68. The van der Waals surface area contributed by atoms with Crippen LogP contribution in [0.1, 0.15) is 23.0 Å². The third kappa shape index (κ3) is 4.63. The van der Waals surface area contributed by atoms with E-state index in [9.17, 15) is 4.79 Å². The average molecular weight is 377 g/mol. The number of amides is 1. The molecule has 1 fully saturated rings. The van der Waals surface area contributed by atoms with Crippen LogP contribution in [0.2, 0.25) is 5.02 Å². The molecule has 0 spiro atoms. The zero-order valence-electron chi connectivity index (χ0n) is 15.2. The van der Waals surface area contributed by atoms with Gasteiger partial charge < -0.3 is 10.1 Å². The molecule has 1 aromatic heterocycles. The summed E-state index contributed by atoms with van der Waals surface area (Å²) in [5, 5.41) is 8.12. The Morgan fingerprint density at radius 1 is 1.31 bits per heavy atom. The number of hydrogen-bond acceptors (Lipinski definition) is 4. The highest BCUT2D eigenvalue weighted by atomic mass is 35.5. The van der Waals surface area contributed by atoms with E-state index in [4.69, 9.17) is 16.3 Å². The first-order valence-electron chi connectivity index (χ1n) is 8.88. The topological polar surface area (TPSA) is 59.4 Å². The molecule has 1 unspecified atom stereocenters. The van der Waals surface area contributed by atoms with E-state index in [0.717, 1.165) is 35.1 Å². The zero-order valence-corrected chi connectivity index (χ0v) is 16.0. The van der Waals surface area contributed by atoms with Crippen molar-refractivity contribution in [1.82, 2.24) is 20.0 Å². The summed E-state index contributed by atoms with van der Waals surface area (Å²) in [5.74, 6) is -0.0542. The monoisotopic (exact) mass is 376 g/mol. The van der Waals surface area contributed by atoms with Gasteiger partial charge in [0.2, 0.25) is 5.91 Å². The minimum absolute atomic E-state index is 0.0250. The molecule has 1 atom stereocenters. The maximum atomic E-state index is 12.4. The summed E-state index contributed by atoms with van der Waals surface area (Å²) < 4.78 is 7.19. The van der Waals surface area contributed by atoms with E-state index >= 15 is 0 Å². The number of nitrogens with zero attached hydrogens (tertiary/aromatic N) is 3. The summed E-state index contributed by atoms with van der Waals surface area (Å²) in [6, 6.07) is 9.80. The second kappa shape index (κ2) is 8.66. The normalized spacial score (nSPS) is 16.4. The molecule has 0 radical (unpaired) electrons. The van der Waals surface area contributed by atoms with Crippen molar-refractivity contribution in [3.63, 3.8) is 0 Å². The molecule has 1 aromatic carbocycles. The van der Waals surface area contributed by atoms with Gasteiger partial charge in [0.05, 0.1) is 24.9 Å². The van der Waals surface area contributed by atoms with E-state index in [2.05, 4.69) is 15.3 Å². The van der Waals surface area contributed by atoms with Gasteiger partial charge in [-0.1, -0.05) is 29.8 Å². The molecule has 0 saturated carbocycles. The molecule has 2 heterocycles. The molecule has 26 heavy (non-hydrogen) atoms. The predicted molar refractivity (Wildman–Crippen MR) is 101 cm³/mol. The van der Waals surface area contributed by atoms with E-state index in [1.807, 2.05) is 44.2 Å². The van der Waals surface area contributed by atoms with Crippen molar-refractivity contribution >= 4 is 17.5 Å². The molecular weight excluding hydrogens is 352 g/mol. The number of carbonyl (C=O) groups is 1. The number of morpholine rings is 1. The third-order valence-corrected chi connectivity index (χ3v) is 4.98. The van der Waals surface area contributed by atoms with Gasteiger partial charge in [-0.2, -0.15) is 5.10 Å². The fourth-order valence-corrected chi connectivity index (χ4v) is 3.57. The molecule has 1 N–H and O–H groups in total. The van der Waals surface area contributed by atoms with Crippen LogP contribution in [0.4, 0.5) is 0 Å². The summed E-state index contributed by atoms with van der Waals surface area (Å²) in [7, 11) is 0. The van der Waals surface area contributed by atoms with E-state index in [1.165, 1.54) is 0 Å². The molecule has 1 amide bonds. The number of carbonyl (C=O) groups excluding carboxylic acids is 1. The summed E-state index contributed by atoms with van der Waals surface area (Å²) in [5.41, 5.74) is 2.92. The predicted octanol–water partition coefficient (Wildman–Crippen LogP) is 2.34. The van der Waals surface area contributed by atoms with Gasteiger partial charge in [-0.15, -0.1) is 0 Å². The van der Waals surface area contributed by atoms with Crippen molar-refractivity contribution in [2.24, 2.45) is 0 Å². The summed E-state index contributed by atoms with van der Waals surface area (Å²) in [6.07, 6.45) is 0. The Hall–Kier alpha value is -1.89. The third-order valence-electron chi connectivity index (χ3n) is 4.64. The van der Waals surface area contributed by atoms with Crippen molar-refractivity contribution in [2.45, 2.75) is 26.4 Å². The Morgan fingerprint density at radius 3 is 2.69 bits per heavy atom. The number of halogens is 1. The molecule has 7 heteroatoms. The maximum Gasteiger partial charge on any atom is 0.241 e. The molecule has 1 aliphatic rings. The molecular formula is C19H25ClN4O2. The first-order chi connectivity index (χ1) is 12.5. The highest BCUT2D eigenvalue weighted by molar-refractivity contribution is 6.31. The Morgan fingerprint density at radius 2 is 2.04 bits per heavy atom. The van der Waals surface area contributed by atoms with E-state index < -0.39 is 0 Å². The molecule has 0 bridgehead atoms. The van der Waals surface area contributed by atoms with Crippen LogP contribution in [0.15, 0.2) is 30.3 Å². The van der Waals surface area contributed by atoms with Gasteiger partial charge in [-0.05, 0) is 31.5 Å². The molecule has 3 rings (SSSR count). The van der Waals surface area contributed by atoms with Gasteiger partial charge in [-0.25, -0.2) is 0 Å². The smallest absolute Gasteiger partial charge is 0.241 e. The molecule has 140 valence electrons. The van der Waals surface area contributed by atoms with Gasteiger partial charge in [-0.3, -0.25) is 14.4 Å². The van der Waals surface area contributed by atoms with Crippen molar-refractivity contribution in [3.05, 3.63) is 52.3 Å². The van der Waals surface area contributed by atoms with E-state index in [-0.39, 0.29) is 18.5 Å². The lowest BCUT2D eigenvalue weighted by atomic mass is 10.0. The molecule has 1 aliphatic heterocycles. The van der Waals surface area contributed by atoms with E-state index in [1.54, 1.807) is 4.68 Å². The molecule has 2 aromatic rings. The molecule has 1 saturated heterocycles. The number of hydrogen-bond donors (Lipinski definition) is 1. The molecule has 6 nitrogen and oxygen atoms in total. The lowest BCUT2D eigenvalue weighted by Gasteiger charge is -2.35. The first-order valence-corrected chi connectivity index (χ1v) is 9.26. The van der Waals surface area contributed by atoms with Gasteiger partial charge in [0.1, 0.15) is 6.54 Å². The van der Waals surface area contributed by atoms with Crippen molar-refractivity contribution in [2.75, 3.05) is 32.8 Å². The quantitative estimate of drug-likeness (QED) is 0.840. The van der Waals surface area contributed by atoms with Crippen LogP contribution >= 0.6 is 11.6 Å². The lowest BCUT2D eigenvalue weighted by Crippen LogP contribution is -2.44.